The molecule has 3 nitrogen and oxygen atoms in total. The molecule has 0 aromatic heterocycles. The molecule has 1 saturated heterocycles. The predicted molar refractivity (Wildman–Crippen MR) is 68.3 cm³/mol. The van der Waals surface area contributed by atoms with Gasteiger partial charge in [-0.2, -0.15) is 0 Å². The van der Waals surface area contributed by atoms with Crippen LogP contribution in [-0.4, -0.2) is 40.0 Å². The molecular weight excluding hydrogens is 233 g/mol. The highest BCUT2D eigenvalue weighted by Crippen LogP contribution is 2.32. The van der Waals surface area contributed by atoms with Crippen LogP contribution < -0.4 is 5.32 Å². The lowest BCUT2D eigenvalue weighted by Crippen LogP contribution is -2.57. The number of ether oxygens (including phenoxy) is 2. The molecule has 0 amide bonds. The Bertz CT molecular complexity index is 363. The Morgan fingerprint density at radius 3 is 2.44 bits per heavy atom. The summed E-state index contributed by atoms with van der Waals surface area (Å²) in [5.74, 6) is -0.183. The summed E-state index contributed by atoms with van der Waals surface area (Å²) in [6, 6.07) is 6.82. The van der Waals surface area contributed by atoms with Crippen LogP contribution in [0.2, 0.25) is 0 Å². The van der Waals surface area contributed by atoms with E-state index >= 15 is 0 Å². The average Bonchev–Trinajstić information content (AvgIpc) is 2.33. The van der Waals surface area contributed by atoms with Crippen molar-refractivity contribution in [1.29, 1.82) is 0 Å². The third kappa shape index (κ3) is 3.07. The Hall–Kier alpha value is -0.970. The van der Waals surface area contributed by atoms with Gasteiger partial charge < -0.3 is 14.8 Å². The van der Waals surface area contributed by atoms with Crippen molar-refractivity contribution in [1.82, 2.24) is 5.32 Å². The molecule has 1 aromatic carbocycles. The molecule has 0 atom stereocenters. The van der Waals surface area contributed by atoms with Gasteiger partial charge in [0.15, 0.2) is 0 Å². The number of benzene rings is 1. The molecule has 2 rings (SSSR count). The Kier molecular flexibility index (Phi) is 4.69. The maximum Gasteiger partial charge on any atom is 0.123 e. The monoisotopic (exact) mass is 253 g/mol. The van der Waals surface area contributed by atoms with Crippen molar-refractivity contribution in [2.75, 3.05) is 40.0 Å². The first-order chi connectivity index (χ1) is 8.77. The first-order valence-corrected chi connectivity index (χ1v) is 6.30. The zero-order chi connectivity index (χ0) is 12.8. The smallest absolute Gasteiger partial charge is 0.123 e. The van der Waals surface area contributed by atoms with Gasteiger partial charge in [0.1, 0.15) is 5.82 Å². The molecule has 18 heavy (non-hydrogen) atoms. The van der Waals surface area contributed by atoms with Crippen molar-refractivity contribution >= 4 is 0 Å². The SMILES string of the molecule is COCCOCCC1(c2ccc(F)cc2)CNC1. The molecule has 0 spiro atoms. The van der Waals surface area contributed by atoms with Crippen LogP contribution in [-0.2, 0) is 14.9 Å². The number of halogens is 1. The van der Waals surface area contributed by atoms with Crippen molar-refractivity contribution in [2.24, 2.45) is 0 Å². The molecule has 0 bridgehead atoms. The molecule has 0 saturated carbocycles. The maximum atomic E-state index is 12.9. The quantitative estimate of drug-likeness (QED) is 0.751. The minimum atomic E-state index is -0.183. The van der Waals surface area contributed by atoms with E-state index in [1.165, 1.54) is 17.7 Å². The first kappa shape index (κ1) is 13.5. The molecule has 100 valence electrons. The molecular formula is C14H20FNO2. The number of hydrogen-bond donors (Lipinski definition) is 1. The van der Waals surface area contributed by atoms with Gasteiger partial charge in [-0.15, -0.1) is 0 Å². The summed E-state index contributed by atoms with van der Waals surface area (Å²) in [5.41, 5.74) is 1.30. The van der Waals surface area contributed by atoms with Crippen LogP contribution in [0.15, 0.2) is 24.3 Å². The van der Waals surface area contributed by atoms with Crippen LogP contribution in [0.4, 0.5) is 4.39 Å². The zero-order valence-electron chi connectivity index (χ0n) is 10.7. The normalized spacial score (nSPS) is 17.4. The maximum absolute atomic E-state index is 12.9. The summed E-state index contributed by atoms with van der Waals surface area (Å²) < 4.78 is 23.4. The molecule has 1 fully saturated rings. The molecule has 0 radical (unpaired) electrons. The second-order valence-electron chi connectivity index (χ2n) is 4.75. The molecule has 1 aromatic rings. The third-order valence-corrected chi connectivity index (χ3v) is 3.54. The van der Waals surface area contributed by atoms with Crippen molar-refractivity contribution in [3.05, 3.63) is 35.6 Å². The predicted octanol–water partition coefficient (Wildman–Crippen LogP) is 1.72. The van der Waals surface area contributed by atoms with Crippen LogP contribution in [0.25, 0.3) is 0 Å². The number of nitrogens with one attached hydrogen (secondary N) is 1. The van der Waals surface area contributed by atoms with Crippen LogP contribution in [0, 0.1) is 5.82 Å². The van der Waals surface area contributed by atoms with Gasteiger partial charge in [0, 0.05) is 32.2 Å². The van der Waals surface area contributed by atoms with E-state index < -0.39 is 0 Å². The van der Waals surface area contributed by atoms with Crippen LogP contribution in [0.1, 0.15) is 12.0 Å². The van der Waals surface area contributed by atoms with Gasteiger partial charge >= 0.3 is 0 Å². The molecule has 1 aliphatic heterocycles. The van der Waals surface area contributed by atoms with E-state index in [9.17, 15) is 4.39 Å². The van der Waals surface area contributed by atoms with E-state index in [4.69, 9.17) is 9.47 Å². The van der Waals surface area contributed by atoms with Crippen molar-refractivity contribution in [2.45, 2.75) is 11.8 Å². The van der Waals surface area contributed by atoms with Crippen molar-refractivity contribution in [3.63, 3.8) is 0 Å². The highest BCUT2D eigenvalue weighted by molar-refractivity contribution is 5.30. The fourth-order valence-electron chi connectivity index (χ4n) is 2.27. The molecule has 1 aliphatic rings. The fourth-order valence-corrected chi connectivity index (χ4v) is 2.27. The van der Waals surface area contributed by atoms with Crippen LogP contribution in [0.5, 0.6) is 0 Å². The molecule has 1 heterocycles. The molecule has 4 heteroatoms. The highest BCUT2D eigenvalue weighted by atomic mass is 19.1. The second kappa shape index (κ2) is 6.27. The van der Waals surface area contributed by atoms with E-state index in [1.807, 2.05) is 12.1 Å². The fraction of sp³-hybridized carbons (Fsp3) is 0.571. The van der Waals surface area contributed by atoms with Gasteiger partial charge in [0.25, 0.3) is 0 Å². The summed E-state index contributed by atoms with van der Waals surface area (Å²) in [7, 11) is 1.67. The zero-order valence-corrected chi connectivity index (χ0v) is 10.7. The Morgan fingerprint density at radius 2 is 1.89 bits per heavy atom. The summed E-state index contributed by atoms with van der Waals surface area (Å²) in [6.07, 6.45) is 0.954. The molecule has 0 aliphatic carbocycles. The Labute approximate surface area is 107 Å². The number of hydrogen-bond acceptors (Lipinski definition) is 3. The second-order valence-corrected chi connectivity index (χ2v) is 4.75. The van der Waals surface area contributed by atoms with Gasteiger partial charge in [-0.05, 0) is 24.1 Å². The van der Waals surface area contributed by atoms with Gasteiger partial charge in [0.2, 0.25) is 0 Å². The summed E-state index contributed by atoms with van der Waals surface area (Å²) in [5, 5.41) is 3.29. The van der Waals surface area contributed by atoms with E-state index in [0.717, 1.165) is 19.5 Å². The van der Waals surface area contributed by atoms with Gasteiger partial charge in [-0.3, -0.25) is 0 Å². The summed E-state index contributed by atoms with van der Waals surface area (Å²) in [4.78, 5) is 0. The van der Waals surface area contributed by atoms with Crippen LogP contribution >= 0.6 is 0 Å². The standard InChI is InChI=1S/C14H20FNO2/c1-17-8-9-18-7-6-14(10-16-11-14)12-2-4-13(15)5-3-12/h2-5,16H,6-11H2,1H3. The Balaban J connectivity index is 1.88. The van der Waals surface area contributed by atoms with Gasteiger partial charge in [-0.1, -0.05) is 12.1 Å². The minimum Gasteiger partial charge on any atom is -0.382 e. The number of rotatable bonds is 7. The highest BCUT2D eigenvalue weighted by Gasteiger charge is 2.38. The summed E-state index contributed by atoms with van der Waals surface area (Å²) in [6.45, 7) is 3.84. The average molecular weight is 253 g/mol. The van der Waals surface area contributed by atoms with E-state index in [2.05, 4.69) is 5.32 Å². The molecule has 0 unspecified atom stereocenters. The third-order valence-electron chi connectivity index (χ3n) is 3.54. The lowest BCUT2D eigenvalue weighted by atomic mass is 9.73. The van der Waals surface area contributed by atoms with Crippen molar-refractivity contribution < 1.29 is 13.9 Å². The molecule has 1 N–H and O–H groups in total. The van der Waals surface area contributed by atoms with Crippen molar-refractivity contribution in [3.8, 4) is 0 Å². The Morgan fingerprint density at radius 1 is 1.17 bits per heavy atom. The van der Waals surface area contributed by atoms with E-state index in [0.29, 0.717) is 19.8 Å². The van der Waals surface area contributed by atoms with Gasteiger partial charge in [0.05, 0.1) is 13.2 Å². The van der Waals surface area contributed by atoms with E-state index in [-0.39, 0.29) is 11.2 Å². The summed E-state index contributed by atoms with van der Waals surface area (Å²) >= 11 is 0. The van der Waals surface area contributed by atoms with E-state index in [1.54, 1.807) is 7.11 Å². The lowest BCUT2D eigenvalue weighted by molar-refractivity contribution is 0.0546. The minimum absolute atomic E-state index is 0.112. The topological polar surface area (TPSA) is 30.5 Å². The largest absolute Gasteiger partial charge is 0.382 e. The van der Waals surface area contributed by atoms with Crippen LogP contribution in [0.3, 0.4) is 0 Å². The number of methoxy groups -OCH3 is 1. The lowest BCUT2D eigenvalue weighted by Gasteiger charge is -2.43. The first-order valence-electron chi connectivity index (χ1n) is 6.30. The van der Waals surface area contributed by atoms with Gasteiger partial charge in [-0.25, -0.2) is 4.39 Å².